The summed E-state index contributed by atoms with van der Waals surface area (Å²) < 4.78 is 55.5. The molecule has 0 radical (unpaired) electrons. The first-order valence-corrected chi connectivity index (χ1v) is 11.4. The van der Waals surface area contributed by atoms with Gasteiger partial charge in [-0.3, -0.25) is 4.72 Å². The number of hydrogen-bond donors (Lipinski definition) is 2. The minimum Gasteiger partial charge on any atom is -0.283 e. The first-order valence-electron chi connectivity index (χ1n) is 7.86. The van der Waals surface area contributed by atoms with Gasteiger partial charge in [-0.25, -0.2) is 26.1 Å². The predicted molar refractivity (Wildman–Crippen MR) is 104 cm³/mol. The molecule has 144 valence electrons. The zero-order chi connectivity index (χ0) is 19.7. The standard InChI is InChI=1S/C16H17ClN4O4S2/c1-12-2-3-13(17)10-16(12)27(24,25)19-7-9-26(22,23)20-14-5-8-21-15(11-14)4-6-18-21/h2-6,8,10-11,19-20H,7,9H2,1H3. The Morgan fingerprint density at radius 2 is 1.89 bits per heavy atom. The third-order valence-electron chi connectivity index (χ3n) is 3.78. The van der Waals surface area contributed by atoms with Gasteiger partial charge in [-0.2, -0.15) is 5.10 Å². The molecule has 0 atom stereocenters. The van der Waals surface area contributed by atoms with E-state index in [9.17, 15) is 16.8 Å². The zero-order valence-corrected chi connectivity index (χ0v) is 16.6. The molecule has 0 spiro atoms. The van der Waals surface area contributed by atoms with Crippen LogP contribution in [-0.4, -0.2) is 38.7 Å². The van der Waals surface area contributed by atoms with E-state index in [4.69, 9.17) is 11.6 Å². The topological polar surface area (TPSA) is 110 Å². The van der Waals surface area contributed by atoms with Crippen LogP contribution in [0.2, 0.25) is 5.02 Å². The molecule has 2 aromatic heterocycles. The van der Waals surface area contributed by atoms with E-state index in [1.165, 1.54) is 6.07 Å². The Morgan fingerprint density at radius 3 is 2.67 bits per heavy atom. The van der Waals surface area contributed by atoms with Crippen LogP contribution in [0.1, 0.15) is 5.56 Å². The first-order chi connectivity index (χ1) is 12.7. The highest BCUT2D eigenvalue weighted by atomic mass is 35.5. The van der Waals surface area contributed by atoms with Gasteiger partial charge in [0.15, 0.2) is 0 Å². The van der Waals surface area contributed by atoms with Crippen LogP contribution in [0.3, 0.4) is 0 Å². The van der Waals surface area contributed by atoms with Gasteiger partial charge in [-0.05, 0) is 42.8 Å². The van der Waals surface area contributed by atoms with Crippen LogP contribution in [0, 0.1) is 6.92 Å². The molecule has 1 aromatic carbocycles. The van der Waals surface area contributed by atoms with Gasteiger partial charge in [-0.1, -0.05) is 17.7 Å². The van der Waals surface area contributed by atoms with Gasteiger partial charge < -0.3 is 0 Å². The van der Waals surface area contributed by atoms with Crippen LogP contribution in [0.4, 0.5) is 5.69 Å². The lowest BCUT2D eigenvalue weighted by molar-refractivity contribution is 0.581. The maximum absolute atomic E-state index is 12.4. The minimum atomic E-state index is -3.87. The SMILES string of the molecule is Cc1ccc(Cl)cc1S(=O)(=O)NCCS(=O)(=O)Nc1ccn2nccc2c1. The summed E-state index contributed by atoms with van der Waals surface area (Å²) in [4.78, 5) is 0.0199. The highest BCUT2D eigenvalue weighted by Gasteiger charge is 2.19. The molecular formula is C16H17ClN4O4S2. The van der Waals surface area contributed by atoms with Crippen molar-refractivity contribution in [2.24, 2.45) is 0 Å². The third kappa shape index (κ3) is 4.78. The number of pyridine rings is 1. The second-order valence-corrected chi connectivity index (χ2v) is 9.86. The maximum atomic E-state index is 12.4. The second-order valence-electron chi connectivity index (χ2n) is 5.84. The lowest BCUT2D eigenvalue weighted by atomic mass is 10.2. The van der Waals surface area contributed by atoms with Crippen molar-refractivity contribution in [3.8, 4) is 0 Å². The average molecular weight is 429 g/mol. The lowest BCUT2D eigenvalue weighted by Gasteiger charge is -2.11. The van der Waals surface area contributed by atoms with Crippen molar-refractivity contribution >= 4 is 42.9 Å². The van der Waals surface area contributed by atoms with Gasteiger partial charge in [0.05, 0.1) is 21.9 Å². The number of aromatic nitrogens is 2. The van der Waals surface area contributed by atoms with Crippen LogP contribution in [0.5, 0.6) is 0 Å². The molecule has 0 unspecified atom stereocenters. The van der Waals surface area contributed by atoms with E-state index >= 15 is 0 Å². The molecule has 0 aliphatic rings. The van der Waals surface area contributed by atoms with Crippen LogP contribution in [-0.2, 0) is 20.0 Å². The molecule has 11 heteroatoms. The molecule has 0 saturated heterocycles. The molecule has 0 aliphatic carbocycles. The maximum Gasteiger partial charge on any atom is 0.240 e. The number of anilines is 1. The molecule has 0 saturated carbocycles. The molecule has 0 fully saturated rings. The molecule has 0 amide bonds. The number of nitrogens with zero attached hydrogens (tertiary/aromatic N) is 2. The van der Waals surface area contributed by atoms with Crippen molar-refractivity contribution in [2.45, 2.75) is 11.8 Å². The van der Waals surface area contributed by atoms with E-state index < -0.39 is 25.8 Å². The van der Waals surface area contributed by atoms with E-state index in [1.807, 2.05) is 0 Å². The molecule has 0 aliphatic heterocycles. The Kier molecular flexibility index (Phi) is 5.43. The molecule has 0 bridgehead atoms. The number of aryl methyl sites for hydroxylation is 1. The fourth-order valence-corrected chi connectivity index (χ4v) is 5.09. The monoisotopic (exact) mass is 428 g/mol. The molecule has 2 heterocycles. The summed E-state index contributed by atoms with van der Waals surface area (Å²) in [5.41, 5.74) is 1.62. The quantitative estimate of drug-likeness (QED) is 0.598. The van der Waals surface area contributed by atoms with Gasteiger partial charge in [0.2, 0.25) is 20.0 Å². The summed E-state index contributed by atoms with van der Waals surface area (Å²) in [5.74, 6) is -0.420. The molecule has 3 rings (SSSR count). The van der Waals surface area contributed by atoms with E-state index in [0.717, 1.165) is 5.52 Å². The van der Waals surface area contributed by atoms with E-state index in [1.54, 1.807) is 54.2 Å². The highest BCUT2D eigenvalue weighted by molar-refractivity contribution is 7.92. The van der Waals surface area contributed by atoms with Crippen LogP contribution < -0.4 is 9.44 Å². The van der Waals surface area contributed by atoms with E-state index in [0.29, 0.717) is 11.3 Å². The predicted octanol–water partition coefficient (Wildman–Crippen LogP) is 2.02. The molecule has 8 nitrogen and oxygen atoms in total. The second kappa shape index (κ2) is 7.47. The Morgan fingerprint density at radius 1 is 1.11 bits per heavy atom. The summed E-state index contributed by atoms with van der Waals surface area (Å²) in [6.45, 7) is 1.36. The minimum absolute atomic E-state index is 0.0199. The summed E-state index contributed by atoms with van der Waals surface area (Å²) >= 11 is 5.85. The Hall–Kier alpha value is -2.14. The van der Waals surface area contributed by atoms with Gasteiger partial charge in [0, 0.05) is 24.0 Å². The average Bonchev–Trinajstić information content (AvgIpc) is 3.03. The van der Waals surface area contributed by atoms with Gasteiger partial charge in [-0.15, -0.1) is 0 Å². The van der Waals surface area contributed by atoms with Crippen LogP contribution >= 0.6 is 11.6 Å². The van der Waals surface area contributed by atoms with Crippen molar-refractivity contribution in [1.82, 2.24) is 14.3 Å². The Labute approximate surface area is 162 Å². The fraction of sp³-hybridized carbons (Fsp3) is 0.188. The van der Waals surface area contributed by atoms with Gasteiger partial charge in [0.1, 0.15) is 0 Å². The normalized spacial score (nSPS) is 12.4. The summed E-state index contributed by atoms with van der Waals surface area (Å²) in [6.07, 6.45) is 3.22. The van der Waals surface area contributed by atoms with Crippen LogP contribution in [0.15, 0.2) is 53.7 Å². The number of hydrogen-bond acceptors (Lipinski definition) is 5. The highest BCUT2D eigenvalue weighted by Crippen LogP contribution is 2.20. The molecule has 27 heavy (non-hydrogen) atoms. The van der Waals surface area contributed by atoms with E-state index in [2.05, 4.69) is 14.5 Å². The van der Waals surface area contributed by atoms with Crippen molar-refractivity contribution < 1.29 is 16.8 Å². The fourth-order valence-electron chi connectivity index (χ4n) is 2.47. The van der Waals surface area contributed by atoms with Crippen LogP contribution in [0.25, 0.3) is 5.52 Å². The molecular weight excluding hydrogens is 412 g/mol. The summed E-state index contributed by atoms with van der Waals surface area (Å²) in [7, 11) is -7.61. The van der Waals surface area contributed by atoms with Gasteiger partial charge in [0.25, 0.3) is 0 Å². The smallest absolute Gasteiger partial charge is 0.240 e. The number of fused-ring (bicyclic) bond motifs is 1. The third-order valence-corrected chi connectivity index (χ3v) is 6.90. The molecule has 2 N–H and O–H groups in total. The molecule has 3 aromatic rings. The van der Waals surface area contributed by atoms with Gasteiger partial charge >= 0.3 is 0 Å². The summed E-state index contributed by atoms with van der Waals surface area (Å²) in [6, 6.07) is 9.43. The first kappa shape index (κ1) is 19.6. The summed E-state index contributed by atoms with van der Waals surface area (Å²) in [5, 5.41) is 4.31. The zero-order valence-electron chi connectivity index (χ0n) is 14.3. The number of rotatable bonds is 7. The number of benzene rings is 1. The van der Waals surface area contributed by atoms with Crippen molar-refractivity contribution in [2.75, 3.05) is 17.0 Å². The number of halogens is 1. The van der Waals surface area contributed by atoms with Crippen molar-refractivity contribution in [3.63, 3.8) is 0 Å². The van der Waals surface area contributed by atoms with E-state index in [-0.39, 0.29) is 16.5 Å². The number of nitrogens with one attached hydrogen (secondary N) is 2. The lowest BCUT2D eigenvalue weighted by Crippen LogP contribution is -2.31. The Balaban J connectivity index is 1.65. The largest absolute Gasteiger partial charge is 0.283 e. The van der Waals surface area contributed by atoms with Crippen molar-refractivity contribution in [1.29, 1.82) is 0 Å². The Bertz CT molecular complexity index is 1190. The number of sulfonamides is 2. The van der Waals surface area contributed by atoms with Crippen molar-refractivity contribution in [3.05, 3.63) is 59.4 Å².